The Balaban J connectivity index is 1.47. The number of fused-ring (bicyclic) bond motifs is 9. The second kappa shape index (κ2) is 10.8. The molecule has 0 N–H and O–H groups in total. The molecule has 0 aliphatic carbocycles. The summed E-state index contributed by atoms with van der Waals surface area (Å²) < 4.78 is 31.1. The maximum Gasteiger partial charge on any atom is 0.143 e. The quantitative estimate of drug-likeness (QED) is 0.181. The maximum atomic E-state index is 15.0. The lowest BCUT2D eigenvalue weighted by molar-refractivity contribution is 0.559. The highest BCUT2D eigenvalue weighted by atomic mass is 19.1. The molecule has 9 rings (SSSR count). The fourth-order valence-electron chi connectivity index (χ4n) is 7.97. The highest BCUT2D eigenvalue weighted by Gasteiger charge is 2.29. The van der Waals surface area contributed by atoms with Crippen molar-refractivity contribution in [1.82, 2.24) is 4.57 Å². The second-order valence-electron chi connectivity index (χ2n) is 17.6. The van der Waals surface area contributed by atoms with Crippen molar-refractivity contribution in [3.8, 4) is 16.8 Å². The number of rotatable bonds is 2. The van der Waals surface area contributed by atoms with Crippen LogP contribution in [0.2, 0.25) is 0 Å². The van der Waals surface area contributed by atoms with Gasteiger partial charge in [-0.2, -0.15) is 0 Å². The highest BCUT2D eigenvalue weighted by Crippen LogP contribution is 2.47. The fraction of sp³-hybridized carbons (Fsp3) is 0.250. The lowest BCUT2D eigenvalue weighted by Crippen LogP contribution is -2.16. The van der Waals surface area contributed by atoms with E-state index < -0.39 is 0 Å². The van der Waals surface area contributed by atoms with Gasteiger partial charge in [-0.25, -0.2) is 4.39 Å². The van der Waals surface area contributed by atoms with Gasteiger partial charge in [0.15, 0.2) is 0 Å². The topological polar surface area (TPSA) is 31.2 Å². The van der Waals surface area contributed by atoms with Crippen LogP contribution in [0.3, 0.4) is 0 Å². The van der Waals surface area contributed by atoms with Gasteiger partial charge in [0, 0.05) is 54.7 Å². The maximum absolute atomic E-state index is 15.0. The van der Waals surface area contributed by atoms with Crippen LogP contribution in [0.4, 0.5) is 4.39 Å². The molecule has 0 saturated carbocycles. The van der Waals surface area contributed by atoms with Crippen LogP contribution in [0.1, 0.15) is 79.0 Å². The van der Waals surface area contributed by atoms with Crippen LogP contribution in [0, 0.1) is 5.82 Å². The van der Waals surface area contributed by atoms with Crippen molar-refractivity contribution in [1.29, 1.82) is 0 Å². The van der Waals surface area contributed by atoms with Gasteiger partial charge in [0.2, 0.25) is 0 Å². The predicted octanol–water partition coefficient (Wildman–Crippen LogP) is 14.3. The summed E-state index contributed by atoms with van der Waals surface area (Å²) in [7, 11) is 0. The molecule has 0 fully saturated rings. The Morgan fingerprint density at radius 2 is 1.00 bits per heavy atom. The first-order valence-corrected chi connectivity index (χ1v) is 18.3. The molecule has 6 aromatic carbocycles. The first-order valence-electron chi connectivity index (χ1n) is 18.3. The molecule has 4 heteroatoms. The molecule has 0 atom stereocenters. The Hall–Kier alpha value is -5.35. The van der Waals surface area contributed by atoms with E-state index >= 15 is 0 Å². The summed E-state index contributed by atoms with van der Waals surface area (Å²) in [6.07, 6.45) is 0. The molecule has 0 bridgehead atoms. The molecule has 0 spiro atoms. The number of aromatic nitrogens is 1. The molecule has 0 aliphatic rings. The van der Waals surface area contributed by atoms with Crippen molar-refractivity contribution < 1.29 is 13.2 Å². The zero-order valence-electron chi connectivity index (χ0n) is 31.5. The summed E-state index contributed by atoms with van der Waals surface area (Å²) in [5, 5.41) is 6.19. The van der Waals surface area contributed by atoms with Crippen molar-refractivity contribution in [2.45, 2.75) is 78.6 Å². The number of para-hydroxylation sites is 2. The number of halogens is 1. The molecule has 0 aliphatic heterocycles. The molecule has 3 aromatic heterocycles. The molecule has 260 valence electrons. The predicted molar refractivity (Wildman–Crippen MR) is 217 cm³/mol. The monoisotopic (exact) mass is 685 g/mol. The lowest BCUT2D eigenvalue weighted by atomic mass is 9.79. The standard InChI is InChI=1S/C48H44FNO2/c1-46(2,3)27-20-34-36-22-28(47(4,5)6)23-39(48(7,8)9)45(36)52-44(34)35(21-27)38-26-30(25-37-33-24-29(49)18-19-42(33)51-43(37)38)50-40-16-12-10-14-31(40)32-15-11-13-17-41(32)50/h10-26H,1-9H3. The Morgan fingerprint density at radius 3 is 1.62 bits per heavy atom. The van der Waals surface area contributed by atoms with Crippen LogP contribution >= 0.6 is 0 Å². The van der Waals surface area contributed by atoms with Gasteiger partial charge in [-0.05, 0) is 88.0 Å². The molecule has 0 amide bonds. The Bertz CT molecular complexity index is 2860. The first-order chi connectivity index (χ1) is 24.6. The van der Waals surface area contributed by atoms with Crippen LogP contribution in [-0.2, 0) is 16.2 Å². The van der Waals surface area contributed by atoms with Crippen molar-refractivity contribution in [3.63, 3.8) is 0 Å². The third-order valence-electron chi connectivity index (χ3n) is 10.9. The van der Waals surface area contributed by atoms with Gasteiger partial charge in [-0.15, -0.1) is 0 Å². The zero-order chi connectivity index (χ0) is 36.5. The van der Waals surface area contributed by atoms with E-state index in [0.29, 0.717) is 11.2 Å². The minimum Gasteiger partial charge on any atom is -0.455 e. The minimum absolute atomic E-state index is 0.0470. The molecule has 9 aromatic rings. The average molecular weight is 686 g/mol. The van der Waals surface area contributed by atoms with Crippen molar-refractivity contribution >= 4 is 65.7 Å². The van der Waals surface area contributed by atoms with Gasteiger partial charge in [0.05, 0.1) is 11.0 Å². The van der Waals surface area contributed by atoms with Crippen LogP contribution in [0.5, 0.6) is 0 Å². The third-order valence-corrected chi connectivity index (χ3v) is 10.9. The Labute approximate surface area is 303 Å². The largest absolute Gasteiger partial charge is 0.455 e. The van der Waals surface area contributed by atoms with Gasteiger partial charge < -0.3 is 13.4 Å². The van der Waals surface area contributed by atoms with Gasteiger partial charge in [-0.3, -0.25) is 0 Å². The molecular weight excluding hydrogens is 642 g/mol. The smallest absolute Gasteiger partial charge is 0.143 e. The molecule has 3 heterocycles. The zero-order valence-corrected chi connectivity index (χ0v) is 31.5. The van der Waals surface area contributed by atoms with Crippen molar-refractivity contribution in [2.24, 2.45) is 0 Å². The van der Waals surface area contributed by atoms with E-state index in [1.165, 1.54) is 33.5 Å². The van der Waals surface area contributed by atoms with Crippen LogP contribution in [0.25, 0.3) is 82.5 Å². The van der Waals surface area contributed by atoms with Gasteiger partial charge in [0.25, 0.3) is 0 Å². The molecule has 0 unspecified atom stereocenters. The molecule has 0 radical (unpaired) electrons. The first kappa shape index (κ1) is 32.6. The van der Waals surface area contributed by atoms with E-state index in [2.05, 4.69) is 152 Å². The number of hydrogen-bond donors (Lipinski definition) is 0. The van der Waals surface area contributed by atoms with Gasteiger partial charge in [0.1, 0.15) is 28.1 Å². The summed E-state index contributed by atoms with van der Waals surface area (Å²) in [6.45, 7) is 20.4. The summed E-state index contributed by atoms with van der Waals surface area (Å²) in [6, 6.07) is 35.5. The van der Waals surface area contributed by atoms with E-state index in [4.69, 9.17) is 8.83 Å². The fourth-order valence-corrected chi connectivity index (χ4v) is 7.97. The van der Waals surface area contributed by atoms with Crippen LogP contribution in [0.15, 0.2) is 112 Å². The van der Waals surface area contributed by atoms with Crippen molar-refractivity contribution in [3.05, 3.63) is 126 Å². The number of benzene rings is 6. The second-order valence-corrected chi connectivity index (χ2v) is 17.6. The molecule has 3 nitrogen and oxygen atoms in total. The molecule has 52 heavy (non-hydrogen) atoms. The number of hydrogen-bond acceptors (Lipinski definition) is 2. The Morgan fingerprint density at radius 1 is 0.462 bits per heavy atom. The summed E-state index contributed by atoms with van der Waals surface area (Å²) in [5.74, 6) is -0.294. The highest BCUT2D eigenvalue weighted by molar-refractivity contribution is 6.17. The normalized spacial score (nSPS) is 13.2. The summed E-state index contributed by atoms with van der Waals surface area (Å²) in [4.78, 5) is 0. The molecule has 0 saturated heterocycles. The molecular formula is C48H44FNO2. The van der Waals surface area contributed by atoms with E-state index in [1.54, 1.807) is 12.1 Å². The SMILES string of the molecule is CC(C)(C)c1cc(-c2cc(-n3c4ccccc4c4ccccc43)cc3c2oc2ccc(F)cc23)c2oc3c(C(C)(C)C)cc(C(C)(C)C)cc3c2c1. The van der Waals surface area contributed by atoms with E-state index in [9.17, 15) is 4.39 Å². The Kier molecular flexibility index (Phi) is 6.78. The van der Waals surface area contributed by atoms with E-state index in [-0.39, 0.29) is 22.1 Å². The van der Waals surface area contributed by atoms with Crippen LogP contribution < -0.4 is 0 Å². The summed E-state index contributed by atoms with van der Waals surface area (Å²) in [5.41, 5.74) is 11.5. The van der Waals surface area contributed by atoms with E-state index in [1.807, 2.05) is 0 Å². The van der Waals surface area contributed by atoms with Crippen LogP contribution in [-0.4, -0.2) is 4.57 Å². The lowest BCUT2D eigenvalue weighted by Gasteiger charge is -2.25. The van der Waals surface area contributed by atoms with Gasteiger partial charge in [-0.1, -0.05) is 105 Å². The number of furan rings is 2. The minimum atomic E-state index is -0.294. The third kappa shape index (κ3) is 4.91. The van der Waals surface area contributed by atoms with Gasteiger partial charge >= 0.3 is 0 Å². The summed E-state index contributed by atoms with van der Waals surface area (Å²) >= 11 is 0. The van der Waals surface area contributed by atoms with Crippen molar-refractivity contribution in [2.75, 3.05) is 0 Å². The number of nitrogens with zero attached hydrogens (tertiary/aromatic N) is 1. The average Bonchev–Trinajstić information content (AvgIpc) is 3.75. The van der Waals surface area contributed by atoms with E-state index in [0.717, 1.165) is 60.6 Å².